The SMILES string of the molecule is O=C(CN1CC2CCC1C2)Nc1cc2cc(-c3cn[nH]c3)ccc2cn1. The highest BCUT2D eigenvalue weighted by molar-refractivity contribution is 5.94. The zero-order valence-electron chi connectivity index (χ0n) is 14.5. The van der Waals surface area contributed by atoms with Crippen LogP contribution in [0.3, 0.4) is 0 Å². The van der Waals surface area contributed by atoms with Crippen molar-refractivity contribution in [3.8, 4) is 11.1 Å². The minimum Gasteiger partial charge on any atom is -0.310 e. The van der Waals surface area contributed by atoms with Crippen LogP contribution in [0.5, 0.6) is 0 Å². The van der Waals surface area contributed by atoms with Crippen molar-refractivity contribution < 1.29 is 4.79 Å². The van der Waals surface area contributed by atoms with Gasteiger partial charge < -0.3 is 5.32 Å². The normalized spacial score (nSPS) is 22.2. The molecule has 2 unspecified atom stereocenters. The number of likely N-dealkylation sites (tertiary alicyclic amines) is 1. The van der Waals surface area contributed by atoms with Crippen molar-refractivity contribution in [3.63, 3.8) is 0 Å². The van der Waals surface area contributed by atoms with E-state index in [-0.39, 0.29) is 5.91 Å². The van der Waals surface area contributed by atoms with Crippen molar-refractivity contribution in [2.75, 3.05) is 18.4 Å². The molecule has 1 aliphatic heterocycles. The smallest absolute Gasteiger partial charge is 0.239 e. The Morgan fingerprint density at radius 2 is 2.15 bits per heavy atom. The Morgan fingerprint density at radius 1 is 1.19 bits per heavy atom. The first kappa shape index (κ1) is 15.5. The van der Waals surface area contributed by atoms with Gasteiger partial charge in [0.25, 0.3) is 0 Å². The van der Waals surface area contributed by atoms with E-state index in [0.29, 0.717) is 18.4 Å². The molecule has 6 nitrogen and oxygen atoms in total. The van der Waals surface area contributed by atoms with Crippen LogP contribution in [0.1, 0.15) is 19.3 Å². The number of carbonyl (C=O) groups is 1. The highest BCUT2D eigenvalue weighted by Gasteiger charge is 2.38. The van der Waals surface area contributed by atoms with Crippen molar-refractivity contribution in [1.29, 1.82) is 0 Å². The van der Waals surface area contributed by atoms with Crippen molar-refractivity contribution in [1.82, 2.24) is 20.1 Å². The van der Waals surface area contributed by atoms with Crippen LogP contribution in [0.2, 0.25) is 0 Å². The standard InChI is InChI=1S/C20H21N5O/c26-20(12-25-11-13-1-4-18(25)5-13)24-19-7-16-6-14(17-9-22-23-10-17)2-3-15(16)8-21-19/h2-3,6-10,13,18H,1,4-5,11-12H2,(H,22,23)(H,21,24,26). The molecule has 26 heavy (non-hydrogen) atoms. The van der Waals surface area contributed by atoms with Gasteiger partial charge in [-0.3, -0.25) is 14.8 Å². The number of amides is 1. The number of aromatic nitrogens is 3. The van der Waals surface area contributed by atoms with Gasteiger partial charge in [-0.25, -0.2) is 4.98 Å². The van der Waals surface area contributed by atoms with Gasteiger partial charge in [0.1, 0.15) is 5.82 Å². The number of rotatable bonds is 4. The van der Waals surface area contributed by atoms with Crippen LogP contribution in [0.15, 0.2) is 42.9 Å². The molecule has 2 aromatic heterocycles. The average Bonchev–Trinajstić information content (AvgIpc) is 3.39. The largest absolute Gasteiger partial charge is 0.310 e. The summed E-state index contributed by atoms with van der Waals surface area (Å²) in [4.78, 5) is 19.1. The number of hydrogen-bond donors (Lipinski definition) is 2. The van der Waals surface area contributed by atoms with Gasteiger partial charge in [0.05, 0.1) is 12.7 Å². The second kappa shape index (κ2) is 6.21. The van der Waals surface area contributed by atoms with Gasteiger partial charge in [-0.15, -0.1) is 0 Å². The van der Waals surface area contributed by atoms with Gasteiger partial charge in [0, 0.05) is 35.9 Å². The van der Waals surface area contributed by atoms with E-state index < -0.39 is 0 Å². The topological polar surface area (TPSA) is 73.9 Å². The summed E-state index contributed by atoms with van der Waals surface area (Å²) in [6.45, 7) is 1.53. The third-order valence-electron chi connectivity index (χ3n) is 5.69. The fourth-order valence-electron chi connectivity index (χ4n) is 4.38. The molecule has 3 heterocycles. The Balaban J connectivity index is 1.33. The molecule has 1 amide bonds. The number of carbonyl (C=O) groups excluding carboxylic acids is 1. The summed E-state index contributed by atoms with van der Waals surface area (Å²) in [6.07, 6.45) is 9.31. The number of benzene rings is 1. The number of H-pyrrole nitrogens is 1. The monoisotopic (exact) mass is 347 g/mol. The zero-order chi connectivity index (χ0) is 17.5. The number of hydrogen-bond acceptors (Lipinski definition) is 4. The molecule has 2 fully saturated rings. The Morgan fingerprint density at radius 3 is 2.92 bits per heavy atom. The molecule has 1 aromatic carbocycles. The highest BCUT2D eigenvalue weighted by Crippen LogP contribution is 2.37. The molecule has 2 bridgehead atoms. The Hall–Kier alpha value is -2.73. The maximum absolute atomic E-state index is 12.4. The predicted molar refractivity (Wildman–Crippen MR) is 101 cm³/mol. The fourth-order valence-corrected chi connectivity index (χ4v) is 4.38. The van der Waals surface area contributed by atoms with Crippen molar-refractivity contribution in [2.45, 2.75) is 25.3 Å². The first-order chi connectivity index (χ1) is 12.7. The molecule has 3 aromatic rings. The lowest BCUT2D eigenvalue weighted by Crippen LogP contribution is -2.38. The summed E-state index contributed by atoms with van der Waals surface area (Å²) in [5.41, 5.74) is 2.13. The molecule has 2 atom stereocenters. The molecular weight excluding hydrogens is 326 g/mol. The van der Waals surface area contributed by atoms with Gasteiger partial charge in [0.2, 0.25) is 5.91 Å². The van der Waals surface area contributed by atoms with E-state index >= 15 is 0 Å². The van der Waals surface area contributed by atoms with Crippen LogP contribution >= 0.6 is 0 Å². The zero-order valence-corrected chi connectivity index (χ0v) is 14.5. The second-order valence-electron chi connectivity index (χ2n) is 7.43. The van der Waals surface area contributed by atoms with E-state index in [9.17, 15) is 4.79 Å². The van der Waals surface area contributed by atoms with Crippen molar-refractivity contribution in [2.24, 2.45) is 5.92 Å². The number of nitrogens with one attached hydrogen (secondary N) is 2. The van der Waals surface area contributed by atoms with Gasteiger partial charge >= 0.3 is 0 Å². The van der Waals surface area contributed by atoms with Crippen LogP contribution in [-0.2, 0) is 4.79 Å². The summed E-state index contributed by atoms with van der Waals surface area (Å²) in [5.74, 6) is 1.43. The van der Waals surface area contributed by atoms with Crippen LogP contribution in [0.4, 0.5) is 5.82 Å². The lowest BCUT2D eigenvalue weighted by Gasteiger charge is -2.25. The number of pyridine rings is 1. The van der Waals surface area contributed by atoms with Gasteiger partial charge in [-0.2, -0.15) is 5.10 Å². The number of anilines is 1. The third kappa shape index (κ3) is 2.86. The summed E-state index contributed by atoms with van der Waals surface area (Å²) in [7, 11) is 0. The predicted octanol–water partition coefficient (Wildman–Crippen LogP) is 3.05. The van der Waals surface area contributed by atoms with Crippen LogP contribution in [0, 0.1) is 5.92 Å². The average molecular weight is 347 g/mol. The molecule has 132 valence electrons. The summed E-state index contributed by atoms with van der Waals surface area (Å²) in [6, 6.07) is 8.73. The lowest BCUT2D eigenvalue weighted by molar-refractivity contribution is -0.117. The van der Waals surface area contributed by atoms with E-state index in [4.69, 9.17) is 0 Å². The second-order valence-corrected chi connectivity index (χ2v) is 7.43. The van der Waals surface area contributed by atoms with E-state index in [1.807, 2.05) is 24.5 Å². The number of piperidine rings is 1. The van der Waals surface area contributed by atoms with E-state index in [1.165, 1.54) is 19.3 Å². The van der Waals surface area contributed by atoms with E-state index in [0.717, 1.165) is 34.4 Å². The van der Waals surface area contributed by atoms with Gasteiger partial charge in [0.15, 0.2) is 0 Å². The Labute approximate surface area is 151 Å². The van der Waals surface area contributed by atoms with Crippen LogP contribution < -0.4 is 5.32 Å². The van der Waals surface area contributed by atoms with Gasteiger partial charge in [-0.1, -0.05) is 12.1 Å². The van der Waals surface area contributed by atoms with Crippen molar-refractivity contribution in [3.05, 3.63) is 42.9 Å². The first-order valence-electron chi connectivity index (χ1n) is 9.17. The maximum atomic E-state index is 12.4. The lowest BCUT2D eigenvalue weighted by atomic mass is 10.1. The highest BCUT2D eigenvalue weighted by atomic mass is 16.2. The molecule has 1 aliphatic carbocycles. The third-order valence-corrected chi connectivity index (χ3v) is 5.69. The quantitative estimate of drug-likeness (QED) is 0.761. The number of fused-ring (bicyclic) bond motifs is 3. The summed E-state index contributed by atoms with van der Waals surface area (Å²) < 4.78 is 0. The fraction of sp³-hybridized carbons (Fsp3) is 0.350. The van der Waals surface area contributed by atoms with E-state index in [1.54, 1.807) is 6.20 Å². The molecule has 1 saturated heterocycles. The first-order valence-corrected chi connectivity index (χ1v) is 9.17. The molecule has 0 radical (unpaired) electrons. The molecule has 5 rings (SSSR count). The Bertz CT molecular complexity index is 952. The van der Waals surface area contributed by atoms with E-state index in [2.05, 4.69) is 37.5 Å². The molecule has 2 N–H and O–H groups in total. The minimum absolute atomic E-state index is 0.0235. The maximum Gasteiger partial charge on any atom is 0.239 e. The minimum atomic E-state index is 0.0235. The van der Waals surface area contributed by atoms with Gasteiger partial charge in [-0.05, 0) is 48.3 Å². The Kier molecular flexibility index (Phi) is 3.71. The molecular formula is C20H21N5O. The summed E-state index contributed by atoms with van der Waals surface area (Å²) in [5, 5.41) is 11.9. The number of aromatic amines is 1. The summed E-state index contributed by atoms with van der Waals surface area (Å²) >= 11 is 0. The number of nitrogens with zero attached hydrogens (tertiary/aromatic N) is 3. The molecule has 1 saturated carbocycles. The van der Waals surface area contributed by atoms with Crippen LogP contribution in [0.25, 0.3) is 21.9 Å². The molecule has 0 spiro atoms. The van der Waals surface area contributed by atoms with Crippen molar-refractivity contribution >= 4 is 22.5 Å². The molecule has 2 aliphatic rings. The molecule has 6 heteroatoms. The van der Waals surface area contributed by atoms with Crippen LogP contribution in [-0.4, -0.2) is 45.1 Å².